The quantitative estimate of drug-likeness (QED) is 0.419. The molecule has 0 aromatic heterocycles. The minimum Gasteiger partial charge on any atom is -0.857 e. The third-order valence-corrected chi connectivity index (χ3v) is 2.01. The molecule has 0 aromatic carbocycles. The van der Waals surface area contributed by atoms with Crippen molar-refractivity contribution in [2.24, 2.45) is 5.41 Å². The van der Waals surface area contributed by atoms with E-state index < -0.39 is 17.4 Å². The van der Waals surface area contributed by atoms with Gasteiger partial charge >= 0.3 is 27.7 Å². The Morgan fingerprint density at radius 1 is 0.944 bits per heavy atom. The van der Waals surface area contributed by atoms with Gasteiger partial charge in [0.1, 0.15) is 5.41 Å². The first kappa shape index (κ1) is 30.5. The maximum Gasteiger partial charge on any atom is 4.00 e. The van der Waals surface area contributed by atoms with Crippen molar-refractivity contribution in [3.63, 3.8) is 0 Å². The van der Waals surface area contributed by atoms with E-state index in [-0.39, 0.29) is 34.6 Å². The van der Waals surface area contributed by atoms with Crippen LogP contribution in [0.5, 0.6) is 0 Å². The van der Waals surface area contributed by atoms with E-state index >= 15 is 0 Å². The molecule has 0 spiro atoms. The molecule has 0 saturated carbocycles. The average molecular weight is 300 g/mol. The Bertz CT molecular complexity index is 165. The molecule has 0 aliphatic heterocycles. The predicted molar refractivity (Wildman–Crippen MR) is 53.4 cm³/mol. The molecule has 0 aliphatic carbocycles. The van der Waals surface area contributed by atoms with Crippen molar-refractivity contribution in [1.82, 2.24) is 0 Å². The third-order valence-electron chi connectivity index (χ3n) is 2.01. The van der Waals surface area contributed by atoms with Gasteiger partial charge in [0.2, 0.25) is 0 Å². The van der Waals surface area contributed by atoms with Crippen LogP contribution in [0.2, 0.25) is 0 Å². The Kier molecular flexibility index (Phi) is 36.9. The predicted octanol–water partition coefficient (Wildman–Crippen LogP) is -3.45. The van der Waals surface area contributed by atoms with Crippen LogP contribution >= 0.6 is 0 Å². The second-order valence-electron chi connectivity index (χ2n) is 2.38. The molecule has 0 radical (unpaired) electrons. The smallest absolute Gasteiger partial charge is 0.857 e. The molecule has 7 nitrogen and oxygen atoms in total. The summed E-state index contributed by atoms with van der Waals surface area (Å²) in [7, 11) is 2.25. The summed E-state index contributed by atoms with van der Waals surface area (Å²) in [5.41, 5.74) is -1.69. The van der Waals surface area contributed by atoms with E-state index in [1.807, 2.05) is 0 Å². The molecule has 0 rings (SSSR count). The number of carbonyl (C=O) groups is 2. The maximum atomic E-state index is 10.5. The van der Waals surface area contributed by atoms with Gasteiger partial charge in [-0.25, -0.2) is 0 Å². The van der Waals surface area contributed by atoms with Gasteiger partial charge in [0.15, 0.2) is 0 Å². The number of carboxylic acid groups (broad SMARTS) is 2. The summed E-state index contributed by atoms with van der Waals surface area (Å²) in [5.74, 6) is -2.82. The zero-order valence-corrected chi connectivity index (χ0v) is 12.9. The van der Waals surface area contributed by atoms with Gasteiger partial charge in [-0.15, -0.1) is 0 Å². The summed E-state index contributed by atoms with van der Waals surface area (Å²) < 4.78 is 0. The van der Waals surface area contributed by atoms with Gasteiger partial charge in [-0.2, -0.15) is 21.3 Å². The van der Waals surface area contributed by atoms with E-state index in [9.17, 15) is 14.7 Å². The number of aliphatic carboxylic acids is 2. The first-order valence-corrected chi connectivity index (χ1v) is 4.68. The molecule has 106 valence electrons. The molecular weight excluding hydrogens is 280 g/mol. The van der Waals surface area contributed by atoms with Crippen LogP contribution in [0.4, 0.5) is 0 Å². The number of carbonyl (C=O) groups excluding carboxylic acids is 1. The minimum absolute atomic E-state index is 0. The molecule has 0 bridgehead atoms. The molecule has 0 heterocycles. The summed E-state index contributed by atoms with van der Waals surface area (Å²) >= 11 is 0. The number of rotatable bonds is 4. The third kappa shape index (κ3) is 10.7. The van der Waals surface area contributed by atoms with E-state index in [4.69, 9.17) is 20.4 Å². The maximum absolute atomic E-state index is 10.5. The Morgan fingerprint density at radius 3 is 1.17 bits per heavy atom. The molecule has 0 atom stereocenters. The Hall–Kier alpha value is -0.466. The zero-order chi connectivity index (χ0) is 15.1. The van der Waals surface area contributed by atoms with Crippen LogP contribution in [0.1, 0.15) is 26.7 Å². The van der Waals surface area contributed by atoms with Crippen LogP contribution in [0.3, 0.4) is 0 Å². The first-order chi connectivity index (χ1) is 8.01. The number of hydrogen-bond donors (Lipinski definition) is 1. The summed E-state index contributed by atoms with van der Waals surface area (Å²) in [5, 5.41) is 43.8. The van der Waals surface area contributed by atoms with Crippen molar-refractivity contribution in [3.8, 4) is 0 Å². The molecule has 0 unspecified atom stereocenters. The normalized spacial score (nSPS) is 7.78. The first-order valence-electron chi connectivity index (χ1n) is 4.68. The van der Waals surface area contributed by atoms with Crippen LogP contribution in [-0.4, -0.2) is 38.4 Å². The zero-order valence-electron chi connectivity index (χ0n) is 11.3. The van der Waals surface area contributed by atoms with Gasteiger partial charge in [-0.3, -0.25) is 4.79 Å². The Morgan fingerprint density at radius 2 is 1.17 bits per heavy atom. The topological polar surface area (TPSA) is 147 Å². The SMILES string of the molecule is CCC(CC)(C(=O)[O-])C(=O)O.C[O-].C[O-].C[O-].[Ti+4]. The molecule has 0 fully saturated rings. The molecule has 0 saturated heterocycles. The standard InChI is InChI=1S/C7H12O4.3CH3O.Ti/c1-3-7(4-2,5(8)9)6(10)11;3*1-2;/h3-4H2,1-2H3,(H,8,9)(H,10,11);3*1H3;/q;3*-1;+4/p-1. The molecule has 18 heavy (non-hydrogen) atoms. The second kappa shape index (κ2) is 21.8. The van der Waals surface area contributed by atoms with E-state index in [2.05, 4.69) is 0 Å². The van der Waals surface area contributed by atoms with Gasteiger partial charge in [0.25, 0.3) is 0 Å². The molecule has 0 amide bonds. The fraction of sp³-hybridized carbons (Fsp3) is 0.800. The Labute approximate surface area is 122 Å². The van der Waals surface area contributed by atoms with Crippen molar-refractivity contribution in [3.05, 3.63) is 0 Å². The van der Waals surface area contributed by atoms with E-state index in [1.54, 1.807) is 0 Å². The van der Waals surface area contributed by atoms with Crippen LogP contribution in [0.25, 0.3) is 0 Å². The van der Waals surface area contributed by atoms with Crippen molar-refractivity contribution >= 4 is 11.9 Å². The number of hydrogen-bond acceptors (Lipinski definition) is 6. The molecule has 0 aromatic rings. The average Bonchev–Trinajstić information content (AvgIpc) is 2.38. The minimum atomic E-state index is -1.69. The fourth-order valence-corrected chi connectivity index (χ4v) is 0.928. The monoisotopic (exact) mass is 300 g/mol. The van der Waals surface area contributed by atoms with Crippen LogP contribution in [0, 0.1) is 5.41 Å². The van der Waals surface area contributed by atoms with Crippen molar-refractivity contribution in [2.45, 2.75) is 26.7 Å². The van der Waals surface area contributed by atoms with Crippen LogP contribution in [-0.2, 0) is 31.3 Å². The van der Waals surface area contributed by atoms with Crippen molar-refractivity contribution in [1.29, 1.82) is 0 Å². The van der Waals surface area contributed by atoms with Crippen LogP contribution in [0.15, 0.2) is 0 Å². The van der Waals surface area contributed by atoms with E-state index in [0.29, 0.717) is 0 Å². The molecule has 1 N–H and O–H groups in total. The van der Waals surface area contributed by atoms with Gasteiger partial charge in [-0.05, 0) is 12.8 Å². The van der Waals surface area contributed by atoms with Crippen LogP contribution < -0.4 is 20.4 Å². The van der Waals surface area contributed by atoms with Gasteiger partial charge in [-0.1, -0.05) is 13.8 Å². The summed E-state index contributed by atoms with van der Waals surface area (Å²) in [6, 6.07) is 0. The molecular formula is C10H20O7Ti. The largest absolute Gasteiger partial charge is 4.00 e. The van der Waals surface area contributed by atoms with E-state index in [0.717, 1.165) is 21.3 Å². The summed E-state index contributed by atoms with van der Waals surface area (Å²) in [4.78, 5) is 20.9. The molecule has 8 heteroatoms. The summed E-state index contributed by atoms with van der Waals surface area (Å²) in [6.45, 7) is 3.04. The van der Waals surface area contributed by atoms with E-state index in [1.165, 1.54) is 13.8 Å². The van der Waals surface area contributed by atoms with Crippen molar-refractivity contribution in [2.75, 3.05) is 21.3 Å². The van der Waals surface area contributed by atoms with Gasteiger partial charge in [0.05, 0.1) is 5.97 Å². The second-order valence-corrected chi connectivity index (χ2v) is 2.38. The van der Waals surface area contributed by atoms with Crippen molar-refractivity contribution < 1.29 is 56.8 Å². The van der Waals surface area contributed by atoms with Gasteiger partial charge < -0.3 is 30.3 Å². The fourth-order valence-electron chi connectivity index (χ4n) is 0.928. The van der Waals surface area contributed by atoms with Gasteiger partial charge in [0, 0.05) is 0 Å². The summed E-state index contributed by atoms with van der Waals surface area (Å²) in [6.07, 6.45) is 0.113. The number of carboxylic acids is 2. The molecule has 0 aliphatic rings. The Balaban J connectivity index is -0.0000000700.